The molecule has 0 aliphatic rings. The topological polar surface area (TPSA) is 0 Å². The van der Waals surface area contributed by atoms with Gasteiger partial charge in [0.05, 0.1) is 0 Å². The third-order valence-electron chi connectivity index (χ3n) is 3.27. The first-order valence-corrected chi connectivity index (χ1v) is 29.2. The van der Waals surface area contributed by atoms with Gasteiger partial charge in [-0.3, -0.25) is 0 Å². The van der Waals surface area contributed by atoms with E-state index < -0.39 is 0 Å². The van der Waals surface area contributed by atoms with E-state index in [1.54, 1.807) is 0 Å². The standard InChI is InChI=1S/C6H18P4.C4H14P4.C3H12P4/c1-3-6(2)4-5-10(8)9-7;1-2-3-4-8(6)7-5;1-2-3-7(5)6-4/h6,9H,3-5,7-8H2,1-2H3;7H,2-6H2,1H3;6H,2-5H2,1H3. The van der Waals surface area contributed by atoms with E-state index in [9.17, 15) is 0 Å². The summed E-state index contributed by atoms with van der Waals surface area (Å²) in [6.45, 7) is 9.11. The van der Waals surface area contributed by atoms with Gasteiger partial charge in [0.15, 0.2) is 0 Å². The number of rotatable bonds is 12. The summed E-state index contributed by atoms with van der Waals surface area (Å²) in [6.07, 6.45) is 11.2. The van der Waals surface area contributed by atoms with Crippen molar-refractivity contribution in [2.45, 2.75) is 59.8 Å². The van der Waals surface area contributed by atoms with Crippen LogP contribution in [-0.2, 0) is 0 Å². The maximum Gasteiger partial charge on any atom is -0.0250 e. The second-order valence-corrected chi connectivity index (χ2v) is 35.3. The molecule has 0 nitrogen and oxygen atoms in total. The summed E-state index contributed by atoms with van der Waals surface area (Å²) in [7, 11) is 21.5. The molecule has 156 valence electrons. The normalized spacial score (nSPS) is 16.6. The summed E-state index contributed by atoms with van der Waals surface area (Å²) in [5.41, 5.74) is 0. The van der Waals surface area contributed by atoms with E-state index in [2.05, 4.69) is 81.3 Å². The van der Waals surface area contributed by atoms with Crippen LogP contribution in [0.5, 0.6) is 0 Å². The molecule has 0 spiro atoms. The molecule has 0 aromatic rings. The van der Waals surface area contributed by atoms with Gasteiger partial charge in [-0.15, -0.1) is 53.6 Å². The average Bonchev–Trinajstić information content (AvgIpc) is 2.64. The zero-order valence-corrected chi connectivity index (χ0v) is 29.2. The fourth-order valence-corrected chi connectivity index (χ4v) is 11.5. The van der Waals surface area contributed by atoms with Crippen molar-refractivity contribution in [1.29, 1.82) is 0 Å². The molecule has 0 aliphatic carbocycles. The van der Waals surface area contributed by atoms with Crippen molar-refractivity contribution in [2.24, 2.45) is 5.92 Å². The van der Waals surface area contributed by atoms with Crippen LogP contribution in [0.3, 0.4) is 0 Å². The first-order chi connectivity index (χ1) is 11.8. The van der Waals surface area contributed by atoms with Crippen LogP contribution in [-0.4, -0.2) is 18.5 Å². The average molecular weight is 572 g/mol. The van der Waals surface area contributed by atoms with E-state index in [1.165, 1.54) is 50.6 Å². The smallest absolute Gasteiger partial charge is 0.0250 e. The van der Waals surface area contributed by atoms with Crippen molar-refractivity contribution in [3.8, 4) is 0 Å². The van der Waals surface area contributed by atoms with E-state index in [4.69, 9.17) is 0 Å². The fourth-order valence-electron chi connectivity index (χ4n) is 1.33. The second kappa shape index (κ2) is 29.2. The van der Waals surface area contributed by atoms with Gasteiger partial charge >= 0.3 is 0 Å². The Labute approximate surface area is 182 Å². The highest BCUT2D eigenvalue weighted by molar-refractivity contribution is 8.62. The van der Waals surface area contributed by atoms with Gasteiger partial charge in [0, 0.05) is 0 Å². The molecule has 12 heteroatoms. The van der Waals surface area contributed by atoms with Gasteiger partial charge in [-0.25, -0.2) is 0 Å². The van der Waals surface area contributed by atoms with Gasteiger partial charge in [0.2, 0.25) is 0 Å². The molecule has 0 fully saturated rings. The zero-order valence-electron chi connectivity index (χ0n) is 16.5. The van der Waals surface area contributed by atoms with Crippen LogP contribution < -0.4 is 0 Å². The van der Waals surface area contributed by atoms with Crippen molar-refractivity contribution >= 4 is 99.3 Å². The Hall–Kier alpha value is 5.16. The third kappa shape index (κ3) is 34.0. The summed E-state index contributed by atoms with van der Waals surface area (Å²) in [6, 6.07) is 0. The molecule has 0 aliphatic heterocycles. The third-order valence-corrected chi connectivity index (χ3v) is 35.1. The largest absolute Gasteiger partial charge is 0.110 e. The molecule has 0 N–H and O–H groups in total. The SMILES string of the molecule is CCC(C)CCP(P)PP.CCCCP(P)PP.CCCP(P)PP. The minimum atomic E-state index is 0.291. The van der Waals surface area contributed by atoms with Crippen LogP contribution in [0.15, 0.2) is 0 Å². The molecule has 13 unspecified atom stereocenters. The molecule has 0 amide bonds. The van der Waals surface area contributed by atoms with Gasteiger partial charge in [-0.1, -0.05) is 92.7 Å². The first-order valence-electron chi connectivity index (χ1n) is 8.78. The van der Waals surface area contributed by atoms with Gasteiger partial charge < -0.3 is 0 Å². The minimum absolute atomic E-state index is 0.291. The van der Waals surface area contributed by atoms with E-state index in [0.717, 1.165) is 29.8 Å². The number of unbranched alkanes of at least 4 members (excludes halogenated alkanes) is 1. The predicted octanol–water partition coefficient (Wildman–Crippen LogP) is 10.6. The van der Waals surface area contributed by atoms with E-state index >= 15 is 0 Å². The van der Waals surface area contributed by atoms with Gasteiger partial charge in [-0.05, 0) is 37.2 Å². The van der Waals surface area contributed by atoms with Crippen LogP contribution in [0.1, 0.15) is 59.8 Å². The molecule has 13 atom stereocenters. The summed E-state index contributed by atoms with van der Waals surface area (Å²) >= 11 is 0. The Bertz CT molecular complexity index is 223. The molecule has 0 bridgehead atoms. The van der Waals surface area contributed by atoms with E-state index in [0.29, 0.717) is 21.9 Å². The molecule has 0 radical (unpaired) electrons. The van der Waals surface area contributed by atoms with Crippen molar-refractivity contribution in [1.82, 2.24) is 0 Å². The highest BCUT2D eigenvalue weighted by atomic mass is 32.6. The highest BCUT2D eigenvalue weighted by Gasteiger charge is 2.02. The molecule has 0 saturated carbocycles. The molecular weight excluding hydrogens is 528 g/mol. The van der Waals surface area contributed by atoms with Gasteiger partial charge in [0.1, 0.15) is 0 Å². The summed E-state index contributed by atoms with van der Waals surface area (Å²) < 4.78 is 0. The Morgan fingerprint density at radius 1 is 0.720 bits per heavy atom. The van der Waals surface area contributed by atoms with Crippen molar-refractivity contribution < 1.29 is 0 Å². The van der Waals surface area contributed by atoms with Crippen LogP contribution in [0.25, 0.3) is 0 Å². The minimum Gasteiger partial charge on any atom is -0.110 e. The lowest BCUT2D eigenvalue weighted by atomic mass is 10.1. The lowest BCUT2D eigenvalue weighted by molar-refractivity contribution is 0.548. The van der Waals surface area contributed by atoms with Crippen LogP contribution in [0.4, 0.5) is 0 Å². The summed E-state index contributed by atoms with van der Waals surface area (Å²) in [5, 5.41) is 0. The molecule has 0 aromatic carbocycles. The van der Waals surface area contributed by atoms with Crippen LogP contribution in [0.2, 0.25) is 0 Å². The Kier molecular flexibility index (Phi) is 40.6. The summed E-state index contributed by atoms with van der Waals surface area (Å²) in [4.78, 5) is 0. The van der Waals surface area contributed by atoms with Crippen molar-refractivity contribution in [3.63, 3.8) is 0 Å². The zero-order chi connectivity index (χ0) is 20.1. The predicted molar refractivity (Wildman–Crippen MR) is 168 cm³/mol. The summed E-state index contributed by atoms with van der Waals surface area (Å²) in [5.74, 6) is 0.937. The first kappa shape index (κ1) is 34.8. The fraction of sp³-hybridized carbons (Fsp3) is 1.00. The lowest BCUT2D eigenvalue weighted by Gasteiger charge is -2.11. The molecule has 0 rings (SSSR count). The lowest BCUT2D eigenvalue weighted by Crippen LogP contribution is -1.92. The number of hydrogen-bond acceptors (Lipinski definition) is 0. The van der Waals surface area contributed by atoms with Crippen molar-refractivity contribution in [3.05, 3.63) is 0 Å². The Morgan fingerprint density at radius 3 is 1.48 bits per heavy atom. The molecule has 25 heavy (non-hydrogen) atoms. The van der Waals surface area contributed by atoms with E-state index in [1.807, 2.05) is 0 Å². The Balaban J connectivity index is -0.000000296. The maximum absolute atomic E-state index is 2.98. The molecular formula is C13H44P12. The Morgan fingerprint density at radius 2 is 1.16 bits per heavy atom. The maximum atomic E-state index is 2.98. The second-order valence-electron chi connectivity index (χ2n) is 5.62. The number of hydrogen-bond donors (Lipinski definition) is 0. The monoisotopic (exact) mass is 572 g/mol. The van der Waals surface area contributed by atoms with Gasteiger partial charge in [0.25, 0.3) is 0 Å². The van der Waals surface area contributed by atoms with Crippen molar-refractivity contribution in [2.75, 3.05) is 18.5 Å². The van der Waals surface area contributed by atoms with Crippen LogP contribution in [0, 0.1) is 5.92 Å². The molecule has 0 aromatic heterocycles. The van der Waals surface area contributed by atoms with Gasteiger partial charge in [-0.2, -0.15) is 0 Å². The highest BCUT2D eigenvalue weighted by Crippen LogP contribution is 2.67. The molecule has 0 saturated heterocycles. The van der Waals surface area contributed by atoms with Crippen LogP contribution >= 0.6 is 99.3 Å². The molecule has 0 heterocycles. The quantitative estimate of drug-likeness (QED) is 0.204. The van der Waals surface area contributed by atoms with E-state index in [-0.39, 0.29) is 0 Å².